The summed E-state index contributed by atoms with van der Waals surface area (Å²) in [7, 11) is 1.43. The minimum Gasteiger partial charge on any atom is -0.468 e. The van der Waals surface area contributed by atoms with E-state index in [2.05, 4.69) is 15.1 Å². The molecule has 1 unspecified atom stereocenters. The number of carbonyl (C=O) groups is 2. The Kier molecular flexibility index (Phi) is 7.57. The average molecular weight is 460 g/mol. The molecule has 3 aromatic rings. The van der Waals surface area contributed by atoms with E-state index in [4.69, 9.17) is 9.84 Å². The summed E-state index contributed by atoms with van der Waals surface area (Å²) in [6.07, 6.45) is 0. The Labute approximate surface area is 199 Å². The van der Waals surface area contributed by atoms with Gasteiger partial charge in [0.15, 0.2) is 0 Å². The highest BCUT2D eigenvalue weighted by Crippen LogP contribution is 2.26. The molecule has 1 atom stereocenters. The number of piperazine rings is 1. The number of benzene rings is 3. The van der Waals surface area contributed by atoms with E-state index in [1.165, 1.54) is 7.11 Å². The smallest absolute Gasteiger partial charge is 0.327 e. The molecule has 1 saturated heterocycles. The van der Waals surface area contributed by atoms with Gasteiger partial charge in [0.05, 0.1) is 13.7 Å². The quantitative estimate of drug-likeness (QED) is 0.527. The number of aliphatic hydroxyl groups is 1. The van der Waals surface area contributed by atoms with E-state index < -0.39 is 6.04 Å². The maximum absolute atomic E-state index is 12.5. The molecule has 3 aromatic carbocycles. The SMILES string of the molecule is COC(=O)C(c1ccccc1)N1CCN(c2ccc(NC(=O)c3ccc(CO)cc3)cc2)CC1. The monoisotopic (exact) mass is 459 g/mol. The fraction of sp³-hybridized carbons (Fsp3) is 0.259. The van der Waals surface area contributed by atoms with Crippen LogP contribution in [0.4, 0.5) is 11.4 Å². The molecular weight excluding hydrogens is 430 g/mol. The Bertz CT molecular complexity index is 1090. The first-order valence-corrected chi connectivity index (χ1v) is 11.3. The third-order valence-corrected chi connectivity index (χ3v) is 6.11. The number of aliphatic hydroxyl groups excluding tert-OH is 1. The van der Waals surface area contributed by atoms with Crippen LogP contribution in [0.2, 0.25) is 0 Å². The molecule has 0 radical (unpaired) electrons. The van der Waals surface area contributed by atoms with Gasteiger partial charge in [0.25, 0.3) is 5.91 Å². The number of anilines is 2. The molecule has 0 spiro atoms. The molecular formula is C27H29N3O4. The van der Waals surface area contributed by atoms with Crippen LogP contribution >= 0.6 is 0 Å². The van der Waals surface area contributed by atoms with Crippen LogP contribution in [0.3, 0.4) is 0 Å². The van der Waals surface area contributed by atoms with Gasteiger partial charge in [0.2, 0.25) is 0 Å². The number of nitrogens with one attached hydrogen (secondary N) is 1. The summed E-state index contributed by atoms with van der Waals surface area (Å²) in [5.41, 5.74) is 4.03. The van der Waals surface area contributed by atoms with Crippen molar-refractivity contribution in [2.75, 3.05) is 43.5 Å². The minimum absolute atomic E-state index is 0.0484. The summed E-state index contributed by atoms with van der Waals surface area (Å²) < 4.78 is 5.08. The molecule has 1 heterocycles. The number of ether oxygens (including phenoxy) is 1. The second-order valence-electron chi connectivity index (χ2n) is 8.22. The Morgan fingerprint density at radius 3 is 2.15 bits per heavy atom. The minimum atomic E-state index is -0.405. The zero-order valence-corrected chi connectivity index (χ0v) is 19.2. The molecule has 1 amide bonds. The van der Waals surface area contributed by atoms with Crippen molar-refractivity contribution in [3.63, 3.8) is 0 Å². The summed E-state index contributed by atoms with van der Waals surface area (Å²) in [5.74, 6) is -0.439. The van der Waals surface area contributed by atoms with Gasteiger partial charge in [0, 0.05) is 43.1 Å². The maximum atomic E-state index is 12.5. The Morgan fingerprint density at radius 2 is 1.56 bits per heavy atom. The maximum Gasteiger partial charge on any atom is 0.327 e. The molecule has 2 N–H and O–H groups in total. The topological polar surface area (TPSA) is 82.1 Å². The highest BCUT2D eigenvalue weighted by molar-refractivity contribution is 6.04. The first kappa shape index (κ1) is 23.5. The number of esters is 1. The lowest BCUT2D eigenvalue weighted by Gasteiger charge is -2.39. The van der Waals surface area contributed by atoms with Gasteiger partial charge >= 0.3 is 5.97 Å². The Morgan fingerprint density at radius 1 is 0.912 bits per heavy atom. The van der Waals surface area contributed by atoms with Gasteiger partial charge < -0.3 is 20.1 Å². The first-order chi connectivity index (χ1) is 16.6. The fourth-order valence-electron chi connectivity index (χ4n) is 4.20. The van der Waals surface area contributed by atoms with Crippen molar-refractivity contribution in [3.8, 4) is 0 Å². The number of rotatable bonds is 7. The zero-order chi connectivity index (χ0) is 23.9. The van der Waals surface area contributed by atoms with Crippen molar-refractivity contribution in [1.82, 2.24) is 4.90 Å². The lowest BCUT2D eigenvalue weighted by Crippen LogP contribution is -2.49. The molecule has 0 saturated carbocycles. The third kappa shape index (κ3) is 5.44. The molecule has 0 aromatic heterocycles. The molecule has 4 rings (SSSR count). The van der Waals surface area contributed by atoms with E-state index in [0.29, 0.717) is 11.3 Å². The van der Waals surface area contributed by atoms with Gasteiger partial charge in [-0.25, -0.2) is 4.79 Å². The molecule has 0 bridgehead atoms. The van der Waals surface area contributed by atoms with E-state index in [1.54, 1.807) is 24.3 Å². The van der Waals surface area contributed by atoms with Gasteiger partial charge in [-0.1, -0.05) is 42.5 Å². The van der Waals surface area contributed by atoms with Crippen molar-refractivity contribution in [2.24, 2.45) is 0 Å². The van der Waals surface area contributed by atoms with Crippen LogP contribution in [0, 0.1) is 0 Å². The average Bonchev–Trinajstić information content (AvgIpc) is 2.90. The van der Waals surface area contributed by atoms with Crippen LogP contribution in [-0.4, -0.2) is 55.2 Å². The summed E-state index contributed by atoms with van der Waals surface area (Å²) >= 11 is 0. The molecule has 1 aliphatic heterocycles. The van der Waals surface area contributed by atoms with Crippen molar-refractivity contribution in [1.29, 1.82) is 0 Å². The van der Waals surface area contributed by atoms with E-state index in [0.717, 1.165) is 43.0 Å². The van der Waals surface area contributed by atoms with Crippen LogP contribution in [0.1, 0.15) is 27.5 Å². The Balaban J connectivity index is 1.36. The highest BCUT2D eigenvalue weighted by atomic mass is 16.5. The predicted octanol–water partition coefficient (Wildman–Crippen LogP) is 3.47. The van der Waals surface area contributed by atoms with E-state index >= 15 is 0 Å². The normalized spacial score (nSPS) is 14.9. The van der Waals surface area contributed by atoms with Crippen LogP contribution in [-0.2, 0) is 16.1 Å². The molecule has 7 heteroatoms. The largest absolute Gasteiger partial charge is 0.468 e. The van der Waals surface area contributed by atoms with Crippen molar-refractivity contribution < 1.29 is 19.4 Å². The van der Waals surface area contributed by atoms with Crippen molar-refractivity contribution in [2.45, 2.75) is 12.6 Å². The van der Waals surface area contributed by atoms with Gasteiger partial charge in [-0.15, -0.1) is 0 Å². The molecule has 1 fully saturated rings. The lowest BCUT2D eigenvalue weighted by atomic mass is 10.0. The molecule has 176 valence electrons. The number of nitrogens with zero attached hydrogens (tertiary/aromatic N) is 2. The summed E-state index contributed by atoms with van der Waals surface area (Å²) in [5, 5.41) is 12.0. The summed E-state index contributed by atoms with van der Waals surface area (Å²) in [6, 6.07) is 24.0. The number of methoxy groups -OCH3 is 1. The zero-order valence-electron chi connectivity index (χ0n) is 19.2. The summed E-state index contributed by atoms with van der Waals surface area (Å²) in [4.78, 5) is 29.4. The fourth-order valence-corrected chi connectivity index (χ4v) is 4.20. The van der Waals surface area contributed by atoms with Gasteiger partial charge in [-0.05, 0) is 47.5 Å². The van der Waals surface area contributed by atoms with Gasteiger partial charge in [-0.3, -0.25) is 9.69 Å². The third-order valence-electron chi connectivity index (χ3n) is 6.11. The number of hydrogen-bond acceptors (Lipinski definition) is 6. The molecule has 34 heavy (non-hydrogen) atoms. The lowest BCUT2D eigenvalue weighted by molar-refractivity contribution is -0.147. The number of hydrogen-bond donors (Lipinski definition) is 2. The van der Waals surface area contributed by atoms with Crippen LogP contribution < -0.4 is 10.2 Å². The molecule has 7 nitrogen and oxygen atoms in total. The second-order valence-corrected chi connectivity index (χ2v) is 8.22. The van der Waals surface area contributed by atoms with Crippen molar-refractivity contribution >= 4 is 23.3 Å². The predicted molar refractivity (Wildman–Crippen MR) is 132 cm³/mol. The number of carbonyl (C=O) groups excluding carboxylic acids is 2. The summed E-state index contributed by atoms with van der Waals surface area (Å²) in [6.45, 7) is 2.98. The first-order valence-electron chi connectivity index (χ1n) is 11.3. The highest BCUT2D eigenvalue weighted by Gasteiger charge is 2.31. The van der Waals surface area contributed by atoms with Crippen LogP contribution in [0.25, 0.3) is 0 Å². The van der Waals surface area contributed by atoms with Gasteiger partial charge in [0.1, 0.15) is 6.04 Å². The van der Waals surface area contributed by atoms with Gasteiger partial charge in [-0.2, -0.15) is 0 Å². The molecule has 0 aliphatic carbocycles. The van der Waals surface area contributed by atoms with E-state index in [-0.39, 0.29) is 18.5 Å². The van der Waals surface area contributed by atoms with E-state index in [9.17, 15) is 9.59 Å². The van der Waals surface area contributed by atoms with Crippen LogP contribution in [0.5, 0.6) is 0 Å². The number of amides is 1. The second kappa shape index (κ2) is 11.0. The van der Waals surface area contributed by atoms with Crippen LogP contribution in [0.15, 0.2) is 78.9 Å². The standard InChI is InChI=1S/C27H29N3O4/c1-34-27(33)25(21-5-3-2-4-6-21)30-17-15-29(16-18-30)24-13-11-23(12-14-24)28-26(32)22-9-7-20(19-31)8-10-22/h2-14,25,31H,15-19H2,1H3,(H,28,32). The van der Waals surface area contributed by atoms with E-state index in [1.807, 2.05) is 54.6 Å². The van der Waals surface area contributed by atoms with Crippen molar-refractivity contribution in [3.05, 3.63) is 95.6 Å². The Hall–Kier alpha value is -3.68. The molecule has 1 aliphatic rings.